The molecule has 1 aromatic rings. The van der Waals surface area contributed by atoms with Gasteiger partial charge in [-0.2, -0.15) is 0 Å². The van der Waals surface area contributed by atoms with Crippen molar-refractivity contribution in [2.75, 3.05) is 0 Å². The molecule has 0 aliphatic carbocycles. The fraction of sp³-hybridized carbons (Fsp3) is 0.250. The second-order valence-electron chi connectivity index (χ2n) is 2.09. The van der Waals surface area contributed by atoms with Gasteiger partial charge in [0.2, 0.25) is 0 Å². The van der Waals surface area contributed by atoms with Crippen LogP contribution in [0, 0.1) is 0 Å². The van der Waals surface area contributed by atoms with Crippen molar-refractivity contribution >= 4 is 12.4 Å². The van der Waals surface area contributed by atoms with Crippen molar-refractivity contribution in [2.45, 2.75) is 13.0 Å². The van der Waals surface area contributed by atoms with E-state index in [1.54, 1.807) is 6.92 Å². The Morgan fingerprint density at radius 3 is 1.83 bits per heavy atom. The molecule has 0 amide bonds. The number of aliphatic hydroxyl groups excluding tert-OH is 1. The van der Waals surface area contributed by atoms with E-state index >= 15 is 0 Å². The van der Waals surface area contributed by atoms with Gasteiger partial charge in [-0.1, -0.05) is 30.3 Å². The van der Waals surface area contributed by atoms with E-state index in [-0.39, 0.29) is 60.5 Å². The molecule has 0 aliphatic heterocycles. The molecule has 0 saturated heterocycles. The zero-order valence-electron chi connectivity index (χ0n) is 7.20. The molecule has 1 rings (SSSR count). The molecule has 4 heteroatoms. The van der Waals surface area contributed by atoms with Gasteiger partial charge in [-0.25, -0.2) is 0 Å². The van der Waals surface area contributed by atoms with E-state index in [4.69, 9.17) is 5.11 Å². The zero-order chi connectivity index (χ0) is 6.69. The number of aliphatic hydroxyl groups is 1. The van der Waals surface area contributed by atoms with Gasteiger partial charge in [-0.15, -0.1) is 12.4 Å². The number of halogens is 2. The summed E-state index contributed by atoms with van der Waals surface area (Å²) in [6.45, 7) is 1.76. The van der Waals surface area contributed by atoms with Crippen LogP contribution in [0.15, 0.2) is 30.3 Å². The summed E-state index contributed by atoms with van der Waals surface area (Å²) in [5, 5.41) is 9.02. The molecule has 1 nitrogen and oxygen atoms in total. The van der Waals surface area contributed by atoms with Crippen LogP contribution in [0.5, 0.6) is 0 Å². The molecule has 0 aromatic heterocycles. The average molecular weight is 217 g/mol. The summed E-state index contributed by atoms with van der Waals surface area (Å²) in [5.74, 6) is 0. The Morgan fingerprint density at radius 2 is 1.58 bits per heavy atom. The first-order valence-electron chi connectivity index (χ1n) is 3.03. The summed E-state index contributed by atoms with van der Waals surface area (Å²) < 4.78 is 0. The van der Waals surface area contributed by atoms with Crippen molar-refractivity contribution in [2.24, 2.45) is 0 Å². The van der Waals surface area contributed by atoms with E-state index in [9.17, 15) is 0 Å². The second-order valence-corrected chi connectivity index (χ2v) is 2.09. The molecular formula is C8H11Cl2NaO. The standard InChI is InChI=1S/C8H10O.2ClH.Na/c1-7(9)8-5-3-2-4-6-8;;;/h2-7,9H,1H3;2*1H;/q;;;+1/p-1. The molecule has 0 aliphatic rings. The maximum Gasteiger partial charge on any atom is 1.00 e. The fourth-order valence-corrected chi connectivity index (χ4v) is 0.732. The van der Waals surface area contributed by atoms with Crippen LogP contribution in [0.3, 0.4) is 0 Å². The summed E-state index contributed by atoms with van der Waals surface area (Å²) in [5.41, 5.74) is 0.970. The van der Waals surface area contributed by atoms with Crippen LogP contribution in [0.1, 0.15) is 18.6 Å². The Kier molecular flexibility index (Phi) is 15.2. The minimum Gasteiger partial charge on any atom is -1.00 e. The third kappa shape index (κ3) is 6.30. The maximum atomic E-state index is 9.02. The Hall–Kier alpha value is 0.760. The van der Waals surface area contributed by atoms with Crippen LogP contribution in [-0.2, 0) is 0 Å². The largest absolute Gasteiger partial charge is 1.00 e. The average Bonchev–Trinajstić information content (AvgIpc) is 1.90. The molecule has 0 saturated carbocycles. The second kappa shape index (κ2) is 9.85. The van der Waals surface area contributed by atoms with Gasteiger partial charge >= 0.3 is 29.6 Å². The van der Waals surface area contributed by atoms with Crippen molar-refractivity contribution in [1.29, 1.82) is 0 Å². The molecule has 1 aromatic carbocycles. The summed E-state index contributed by atoms with van der Waals surface area (Å²) >= 11 is 0. The Balaban J connectivity index is -0.000000270. The SMILES string of the molecule is CC(O)c1ccccc1.Cl.[Cl-].[Na+]. The maximum absolute atomic E-state index is 9.02. The predicted molar refractivity (Wildman–Crippen MR) is 44.3 cm³/mol. The number of hydrogen-bond donors (Lipinski definition) is 1. The Labute approximate surface area is 108 Å². The first-order chi connectivity index (χ1) is 4.30. The topological polar surface area (TPSA) is 20.2 Å². The molecule has 0 bridgehead atoms. The Bertz CT molecular complexity index is 180. The normalized spacial score (nSPS) is 9.83. The first-order valence-corrected chi connectivity index (χ1v) is 3.03. The van der Waals surface area contributed by atoms with E-state index in [1.165, 1.54) is 0 Å². The van der Waals surface area contributed by atoms with Gasteiger partial charge in [-0.3, -0.25) is 0 Å². The van der Waals surface area contributed by atoms with E-state index < -0.39 is 0 Å². The van der Waals surface area contributed by atoms with Crippen molar-refractivity contribution in [1.82, 2.24) is 0 Å². The van der Waals surface area contributed by atoms with Crippen LogP contribution >= 0.6 is 12.4 Å². The van der Waals surface area contributed by atoms with Crippen molar-refractivity contribution in [3.8, 4) is 0 Å². The number of hydrogen-bond acceptors (Lipinski definition) is 1. The molecule has 1 unspecified atom stereocenters. The molecule has 64 valence electrons. The quantitative estimate of drug-likeness (QED) is 0.478. The van der Waals surface area contributed by atoms with E-state index in [0.29, 0.717) is 0 Å². The first kappa shape index (κ1) is 18.5. The molecule has 0 radical (unpaired) electrons. The van der Waals surface area contributed by atoms with Crippen molar-refractivity contribution in [3.05, 3.63) is 35.9 Å². The van der Waals surface area contributed by atoms with Crippen LogP contribution in [0.25, 0.3) is 0 Å². The van der Waals surface area contributed by atoms with E-state index in [1.807, 2.05) is 30.3 Å². The van der Waals surface area contributed by atoms with Gasteiger partial charge in [0.25, 0.3) is 0 Å². The summed E-state index contributed by atoms with van der Waals surface area (Å²) in [4.78, 5) is 0. The van der Waals surface area contributed by atoms with Crippen LogP contribution < -0.4 is 42.0 Å². The van der Waals surface area contributed by atoms with Gasteiger partial charge in [0.1, 0.15) is 0 Å². The minimum absolute atomic E-state index is 0. The molecule has 0 fully saturated rings. The monoisotopic (exact) mass is 216 g/mol. The van der Waals surface area contributed by atoms with Crippen LogP contribution in [0.2, 0.25) is 0 Å². The van der Waals surface area contributed by atoms with E-state index in [2.05, 4.69) is 0 Å². The molecule has 0 spiro atoms. The van der Waals surface area contributed by atoms with E-state index in [0.717, 1.165) is 5.56 Å². The van der Waals surface area contributed by atoms with Gasteiger partial charge in [0, 0.05) is 0 Å². The zero-order valence-corrected chi connectivity index (χ0v) is 10.8. The van der Waals surface area contributed by atoms with Gasteiger partial charge in [0.05, 0.1) is 6.10 Å². The summed E-state index contributed by atoms with van der Waals surface area (Å²) in [6, 6.07) is 9.59. The van der Waals surface area contributed by atoms with Crippen molar-refractivity contribution < 1.29 is 47.1 Å². The molecule has 1 atom stereocenters. The fourth-order valence-electron chi connectivity index (χ4n) is 0.732. The molecular weight excluding hydrogens is 206 g/mol. The molecule has 1 N–H and O–H groups in total. The molecule has 0 heterocycles. The van der Waals surface area contributed by atoms with Gasteiger partial charge in [-0.05, 0) is 12.5 Å². The Morgan fingerprint density at radius 1 is 1.17 bits per heavy atom. The number of benzene rings is 1. The predicted octanol–water partition coefficient (Wildman–Crippen LogP) is -3.83. The van der Waals surface area contributed by atoms with Crippen LogP contribution in [-0.4, -0.2) is 5.11 Å². The summed E-state index contributed by atoms with van der Waals surface area (Å²) in [7, 11) is 0. The minimum atomic E-state index is -0.341. The molecule has 12 heavy (non-hydrogen) atoms. The summed E-state index contributed by atoms with van der Waals surface area (Å²) in [6.07, 6.45) is -0.341. The van der Waals surface area contributed by atoms with Crippen LogP contribution in [0.4, 0.5) is 0 Å². The van der Waals surface area contributed by atoms with Gasteiger partial charge < -0.3 is 17.5 Å². The smallest absolute Gasteiger partial charge is 1.00 e. The third-order valence-corrected chi connectivity index (χ3v) is 1.28. The third-order valence-electron chi connectivity index (χ3n) is 1.28. The van der Waals surface area contributed by atoms with Crippen molar-refractivity contribution in [3.63, 3.8) is 0 Å². The number of rotatable bonds is 1. The van der Waals surface area contributed by atoms with Gasteiger partial charge in [0.15, 0.2) is 0 Å².